The average molecular weight is 274 g/mol. The van der Waals surface area contributed by atoms with Gasteiger partial charge in [-0.1, -0.05) is 19.1 Å². The second kappa shape index (κ2) is 6.46. The summed E-state index contributed by atoms with van der Waals surface area (Å²) in [6.45, 7) is 1.95. The van der Waals surface area contributed by atoms with Crippen LogP contribution in [0.4, 0.5) is 4.39 Å². The van der Waals surface area contributed by atoms with Gasteiger partial charge < -0.3 is 5.32 Å². The van der Waals surface area contributed by atoms with Gasteiger partial charge in [0.15, 0.2) is 0 Å². The Kier molecular flexibility index (Phi) is 5.24. The molecule has 0 radical (unpaired) electrons. The summed E-state index contributed by atoms with van der Waals surface area (Å²) in [7, 11) is -4.00. The molecule has 0 aliphatic carbocycles. The van der Waals surface area contributed by atoms with Crippen LogP contribution in [0.25, 0.3) is 0 Å². The summed E-state index contributed by atoms with van der Waals surface area (Å²) in [4.78, 5) is 10.8. The summed E-state index contributed by atoms with van der Waals surface area (Å²) in [5, 5.41) is 2.51. The molecule has 1 rings (SSSR count). The van der Waals surface area contributed by atoms with Crippen molar-refractivity contribution >= 4 is 15.9 Å². The van der Waals surface area contributed by atoms with Gasteiger partial charge in [0.2, 0.25) is 15.9 Å². The number of hydrogen-bond donors (Lipinski definition) is 2. The van der Waals surface area contributed by atoms with E-state index in [1.54, 1.807) is 0 Å². The van der Waals surface area contributed by atoms with Crippen molar-refractivity contribution in [1.29, 1.82) is 0 Å². The molecule has 0 saturated carbocycles. The van der Waals surface area contributed by atoms with E-state index >= 15 is 0 Å². The van der Waals surface area contributed by atoms with Crippen LogP contribution in [0.2, 0.25) is 0 Å². The van der Waals surface area contributed by atoms with Crippen molar-refractivity contribution < 1.29 is 17.6 Å². The number of amides is 1. The maximum absolute atomic E-state index is 13.3. The Morgan fingerprint density at radius 3 is 2.61 bits per heavy atom. The largest absolute Gasteiger partial charge is 0.355 e. The van der Waals surface area contributed by atoms with Crippen LogP contribution in [0.1, 0.15) is 13.3 Å². The Morgan fingerprint density at radius 2 is 2.00 bits per heavy atom. The van der Waals surface area contributed by atoms with E-state index in [0.717, 1.165) is 18.6 Å². The van der Waals surface area contributed by atoms with Gasteiger partial charge in [0.25, 0.3) is 0 Å². The van der Waals surface area contributed by atoms with Crippen molar-refractivity contribution in [1.82, 2.24) is 10.0 Å². The molecule has 7 heteroatoms. The lowest BCUT2D eigenvalue weighted by Crippen LogP contribution is -2.37. The molecule has 100 valence electrons. The standard InChI is InChI=1S/C11H15FN2O3S/c1-2-7-13-11(15)8-14-18(16,17)10-6-4-3-5-9(10)12/h3-6,14H,2,7-8H2,1H3,(H,13,15). The van der Waals surface area contributed by atoms with Crippen LogP contribution in [0.5, 0.6) is 0 Å². The van der Waals surface area contributed by atoms with E-state index in [0.29, 0.717) is 6.54 Å². The lowest BCUT2D eigenvalue weighted by Gasteiger charge is -2.07. The van der Waals surface area contributed by atoms with Crippen molar-refractivity contribution in [3.63, 3.8) is 0 Å². The number of carbonyl (C=O) groups is 1. The maximum Gasteiger partial charge on any atom is 0.243 e. The van der Waals surface area contributed by atoms with Gasteiger partial charge in [-0.3, -0.25) is 4.79 Å². The zero-order valence-electron chi connectivity index (χ0n) is 9.94. The SMILES string of the molecule is CCCNC(=O)CNS(=O)(=O)c1ccccc1F. The van der Waals surface area contributed by atoms with Gasteiger partial charge in [-0.15, -0.1) is 0 Å². The monoisotopic (exact) mass is 274 g/mol. The minimum Gasteiger partial charge on any atom is -0.355 e. The summed E-state index contributed by atoms with van der Waals surface area (Å²) < 4.78 is 38.7. The zero-order valence-corrected chi connectivity index (χ0v) is 10.8. The predicted octanol–water partition coefficient (Wildman–Crippen LogP) is 0.630. The topological polar surface area (TPSA) is 75.3 Å². The molecule has 0 saturated heterocycles. The van der Waals surface area contributed by atoms with E-state index in [-0.39, 0.29) is 0 Å². The molecule has 0 spiro atoms. The van der Waals surface area contributed by atoms with Gasteiger partial charge in [0.1, 0.15) is 10.7 Å². The molecule has 0 heterocycles. The number of sulfonamides is 1. The van der Waals surface area contributed by atoms with Gasteiger partial charge in [-0.25, -0.2) is 17.5 Å². The van der Waals surface area contributed by atoms with E-state index in [4.69, 9.17) is 0 Å². The highest BCUT2D eigenvalue weighted by molar-refractivity contribution is 7.89. The van der Waals surface area contributed by atoms with Crippen LogP contribution in [0.15, 0.2) is 29.2 Å². The van der Waals surface area contributed by atoms with Gasteiger partial charge >= 0.3 is 0 Å². The molecule has 0 aliphatic heterocycles. The number of carbonyl (C=O) groups excluding carboxylic acids is 1. The van der Waals surface area contributed by atoms with Gasteiger partial charge in [-0.05, 0) is 18.6 Å². The third kappa shape index (κ3) is 4.08. The summed E-state index contributed by atoms with van der Waals surface area (Å²) in [5.74, 6) is -1.30. The first-order valence-electron chi connectivity index (χ1n) is 5.48. The van der Waals surface area contributed by atoms with Crippen molar-refractivity contribution in [2.75, 3.05) is 13.1 Å². The Morgan fingerprint density at radius 1 is 1.33 bits per heavy atom. The Labute approximate surface area is 105 Å². The molecule has 0 aliphatic rings. The molecule has 0 bridgehead atoms. The zero-order chi connectivity index (χ0) is 13.6. The molecule has 1 amide bonds. The maximum atomic E-state index is 13.3. The average Bonchev–Trinajstić information content (AvgIpc) is 2.34. The van der Waals surface area contributed by atoms with Crippen LogP contribution in [0.3, 0.4) is 0 Å². The number of benzene rings is 1. The van der Waals surface area contributed by atoms with E-state index in [1.807, 2.05) is 11.6 Å². The normalized spacial score (nSPS) is 11.2. The Balaban J connectivity index is 2.67. The molecule has 5 nitrogen and oxygen atoms in total. The summed E-state index contributed by atoms with van der Waals surface area (Å²) in [6.07, 6.45) is 0.756. The van der Waals surface area contributed by atoms with Crippen LogP contribution in [-0.4, -0.2) is 27.4 Å². The van der Waals surface area contributed by atoms with Crippen molar-refractivity contribution in [3.05, 3.63) is 30.1 Å². The molecule has 1 aromatic rings. The first-order valence-corrected chi connectivity index (χ1v) is 6.96. The quantitative estimate of drug-likeness (QED) is 0.799. The van der Waals surface area contributed by atoms with Crippen LogP contribution >= 0.6 is 0 Å². The fourth-order valence-corrected chi connectivity index (χ4v) is 2.29. The highest BCUT2D eigenvalue weighted by Gasteiger charge is 2.18. The molecule has 0 aromatic heterocycles. The molecule has 1 aromatic carbocycles. The predicted molar refractivity (Wildman–Crippen MR) is 64.9 cm³/mol. The van der Waals surface area contributed by atoms with Crippen LogP contribution in [-0.2, 0) is 14.8 Å². The lowest BCUT2D eigenvalue weighted by atomic mass is 10.4. The summed E-state index contributed by atoms with van der Waals surface area (Å²) in [6, 6.07) is 4.99. The summed E-state index contributed by atoms with van der Waals surface area (Å²) >= 11 is 0. The smallest absolute Gasteiger partial charge is 0.243 e. The van der Waals surface area contributed by atoms with Crippen LogP contribution < -0.4 is 10.0 Å². The minimum absolute atomic E-state index is 0.406. The van der Waals surface area contributed by atoms with Crippen molar-refractivity contribution in [2.24, 2.45) is 0 Å². The molecular formula is C11H15FN2O3S. The third-order valence-electron chi connectivity index (χ3n) is 2.12. The second-order valence-electron chi connectivity index (χ2n) is 3.60. The van der Waals surface area contributed by atoms with Crippen LogP contribution in [0, 0.1) is 5.82 Å². The first-order chi connectivity index (χ1) is 8.47. The van der Waals surface area contributed by atoms with Gasteiger partial charge in [0, 0.05) is 6.54 Å². The van der Waals surface area contributed by atoms with Crippen molar-refractivity contribution in [2.45, 2.75) is 18.2 Å². The Bertz CT molecular complexity index is 517. The lowest BCUT2D eigenvalue weighted by molar-refractivity contribution is -0.119. The van der Waals surface area contributed by atoms with Crippen molar-refractivity contribution in [3.8, 4) is 0 Å². The van der Waals surface area contributed by atoms with E-state index in [2.05, 4.69) is 5.32 Å². The molecular weight excluding hydrogens is 259 g/mol. The van der Waals surface area contributed by atoms with E-state index < -0.39 is 33.2 Å². The highest BCUT2D eigenvalue weighted by atomic mass is 32.2. The van der Waals surface area contributed by atoms with Gasteiger partial charge in [-0.2, -0.15) is 0 Å². The molecule has 0 unspecified atom stereocenters. The fourth-order valence-electron chi connectivity index (χ4n) is 1.23. The molecule has 18 heavy (non-hydrogen) atoms. The highest BCUT2D eigenvalue weighted by Crippen LogP contribution is 2.12. The molecule has 0 atom stereocenters. The number of halogens is 1. The summed E-state index contributed by atoms with van der Waals surface area (Å²) in [5.41, 5.74) is 0. The fraction of sp³-hybridized carbons (Fsp3) is 0.364. The van der Waals surface area contributed by atoms with E-state index in [9.17, 15) is 17.6 Å². The number of hydrogen-bond acceptors (Lipinski definition) is 3. The second-order valence-corrected chi connectivity index (χ2v) is 5.34. The third-order valence-corrected chi connectivity index (χ3v) is 3.56. The minimum atomic E-state index is -4.00. The molecule has 2 N–H and O–H groups in total. The Hall–Kier alpha value is -1.47. The number of nitrogens with one attached hydrogen (secondary N) is 2. The first kappa shape index (κ1) is 14.6. The van der Waals surface area contributed by atoms with Gasteiger partial charge in [0.05, 0.1) is 6.54 Å². The molecule has 0 fully saturated rings. The number of rotatable bonds is 6. The van der Waals surface area contributed by atoms with E-state index in [1.165, 1.54) is 12.1 Å².